The number of nitrogens with one attached hydrogen (secondary N) is 1. The van der Waals surface area contributed by atoms with E-state index >= 15 is 0 Å². The summed E-state index contributed by atoms with van der Waals surface area (Å²) in [5.74, 6) is -7.02. The fourth-order valence-electron chi connectivity index (χ4n) is 7.98. The Morgan fingerprint density at radius 2 is 1.74 bits per heavy atom. The van der Waals surface area contributed by atoms with Crippen molar-refractivity contribution in [3.05, 3.63) is 86.4 Å². The Labute approximate surface area is 328 Å². The summed E-state index contributed by atoms with van der Waals surface area (Å²) in [4.78, 5) is 62.4. The van der Waals surface area contributed by atoms with Gasteiger partial charge in [0.2, 0.25) is 0 Å². The Hall–Kier alpha value is -5.57. The lowest BCUT2D eigenvalue weighted by molar-refractivity contribution is -0.160. The number of hydrogen-bond acceptors (Lipinski definition) is 11. The average Bonchev–Trinajstić information content (AvgIpc) is 3.67. The van der Waals surface area contributed by atoms with Crippen molar-refractivity contribution < 1.29 is 48.7 Å². The number of pyridine rings is 1. The quantitative estimate of drug-likeness (QED) is 0.214. The number of nitrogens with zero attached hydrogens (tertiary/aromatic N) is 2. The lowest BCUT2D eigenvalue weighted by Gasteiger charge is -2.38. The molecule has 0 saturated heterocycles. The van der Waals surface area contributed by atoms with Crippen LogP contribution in [0.5, 0.6) is 11.5 Å². The van der Waals surface area contributed by atoms with Crippen molar-refractivity contribution in [2.45, 2.75) is 85.6 Å². The third kappa shape index (κ3) is 7.06. The van der Waals surface area contributed by atoms with Crippen LogP contribution in [0.2, 0.25) is 0 Å². The summed E-state index contributed by atoms with van der Waals surface area (Å²) in [5.41, 5.74) is 0.452. The van der Waals surface area contributed by atoms with Crippen LogP contribution >= 0.6 is 0 Å². The molecule has 0 saturated carbocycles. The molecule has 5 bridgehead atoms. The van der Waals surface area contributed by atoms with E-state index in [0.717, 1.165) is 0 Å². The van der Waals surface area contributed by atoms with Crippen molar-refractivity contribution in [3.8, 4) is 11.5 Å². The first-order valence-electron chi connectivity index (χ1n) is 18.8. The van der Waals surface area contributed by atoms with Gasteiger partial charge in [0.15, 0.2) is 11.2 Å². The van der Waals surface area contributed by atoms with Crippen molar-refractivity contribution in [1.29, 1.82) is 0 Å². The number of H-pyrrole nitrogens is 1. The van der Waals surface area contributed by atoms with Gasteiger partial charge in [0.25, 0.3) is 11.7 Å². The van der Waals surface area contributed by atoms with Crippen molar-refractivity contribution >= 4 is 51.7 Å². The zero-order valence-electron chi connectivity index (χ0n) is 33.4. The molecule has 5 heterocycles. The zero-order valence-corrected chi connectivity index (χ0v) is 33.4. The predicted octanol–water partition coefficient (Wildman–Crippen LogP) is 4.06. The van der Waals surface area contributed by atoms with E-state index in [1.165, 1.54) is 53.2 Å². The van der Waals surface area contributed by atoms with Crippen molar-refractivity contribution in [2.24, 2.45) is 28.7 Å². The van der Waals surface area contributed by atoms with Crippen LogP contribution in [0.4, 0.5) is 0 Å². The number of phenols is 1. The van der Waals surface area contributed by atoms with E-state index < -0.39 is 82.7 Å². The molecule has 14 heteroatoms. The van der Waals surface area contributed by atoms with Crippen LogP contribution in [0.3, 0.4) is 0 Å². The second-order valence-corrected chi connectivity index (χ2v) is 15.4. The van der Waals surface area contributed by atoms with Crippen LogP contribution in [0.15, 0.2) is 64.3 Å². The average molecular weight is 784 g/mol. The first-order valence-corrected chi connectivity index (χ1v) is 18.8. The highest BCUT2D eigenvalue weighted by Crippen LogP contribution is 2.44. The number of ketones is 1. The van der Waals surface area contributed by atoms with Crippen LogP contribution < -0.4 is 20.7 Å². The third-order valence-electron chi connectivity index (χ3n) is 11.4. The molecular weight excluding hydrogens is 734 g/mol. The number of hydrogen-bond donors (Lipinski definition) is 4. The number of carbonyl (C=O) groups excluding carboxylic acids is 3. The second kappa shape index (κ2) is 15.4. The fraction of sp³-hybridized carbons (Fsp3) is 0.419. The Morgan fingerprint density at radius 1 is 1.04 bits per heavy atom. The predicted molar refractivity (Wildman–Crippen MR) is 212 cm³/mol. The molecule has 0 fully saturated rings. The summed E-state index contributed by atoms with van der Waals surface area (Å²) in [6.45, 7) is 16.6. The van der Waals surface area contributed by atoms with E-state index in [9.17, 15) is 34.5 Å². The number of aromatic hydroxyl groups is 1. The lowest BCUT2D eigenvalue weighted by atomic mass is 9.78. The van der Waals surface area contributed by atoms with E-state index in [-0.39, 0.29) is 49.6 Å². The van der Waals surface area contributed by atoms with Crippen LogP contribution in [-0.4, -0.2) is 79.7 Å². The van der Waals surface area contributed by atoms with Crippen molar-refractivity contribution in [3.63, 3.8) is 0 Å². The number of Topliss-reactive ketones (excluding diaryl/α,β-unsaturated/α-hetero) is 1. The van der Waals surface area contributed by atoms with E-state index in [4.69, 9.17) is 18.9 Å². The maximum Gasteiger partial charge on any atom is 0.312 e. The van der Waals surface area contributed by atoms with E-state index in [2.05, 4.69) is 16.6 Å². The van der Waals surface area contributed by atoms with Crippen LogP contribution in [0, 0.1) is 30.6 Å². The smallest absolute Gasteiger partial charge is 0.312 e. The van der Waals surface area contributed by atoms with Crippen LogP contribution in [-0.2, 0) is 23.8 Å². The maximum atomic E-state index is 14.5. The van der Waals surface area contributed by atoms with Gasteiger partial charge in [0.1, 0.15) is 28.4 Å². The maximum absolute atomic E-state index is 14.5. The number of allylic oxidation sites excluding steroid dienone is 2. The van der Waals surface area contributed by atoms with Gasteiger partial charge in [-0.15, -0.1) is 0 Å². The van der Waals surface area contributed by atoms with Gasteiger partial charge in [0, 0.05) is 67.3 Å². The highest BCUT2D eigenvalue weighted by Gasteiger charge is 2.49. The Bertz CT molecular complexity index is 2580. The molecule has 302 valence electrons. The number of benzene rings is 2. The van der Waals surface area contributed by atoms with Crippen molar-refractivity contribution in [1.82, 2.24) is 9.38 Å². The summed E-state index contributed by atoms with van der Waals surface area (Å²) < 4.78 is 25.4. The van der Waals surface area contributed by atoms with E-state index in [0.29, 0.717) is 10.9 Å². The van der Waals surface area contributed by atoms with Gasteiger partial charge in [-0.2, -0.15) is 0 Å². The Balaban J connectivity index is 1.62. The highest BCUT2D eigenvalue weighted by atomic mass is 16.7. The molecule has 3 aliphatic heterocycles. The molecule has 4 N–H and O–H groups in total. The second-order valence-electron chi connectivity index (χ2n) is 15.4. The first-order chi connectivity index (χ1) is 26.8. The summed E-state index contributed by atoms with van der Waals surface area (Å²) in [5, 5.41) is 35.1. The first kappa shape index (κ1) is 41.1. The number of imidazole rings is 1. The largest absolute Gasteiger partial charge is 0.505 e. The molecule has 9 atom stereocenters. The van der Waals surface area contributed by atoms with Gasteiger partial charge in [-0.1, -0.05) is 52.5 Å². The number of aliphatic hydroxyl groups is 2. The summed E-state index contributed by atoms with van der Waals surface area (Å²) in [6, 6.07) is 3.44. The van der Waals surface area contributed by atoms with Gasteiger partial charge >= 0.3 is 11.8 Å². The van der Waals surface area contributed by atoms with Gasteiger partial charge < -0.3 is 39.3 Å². The number of carbonyl (C=O) groups is 3. The number of fused-ring (bicyclic) bond motifs is 14. The Kier molecular flexibility index (Phi) is 11.1. The number of ether oxygens (including phenoxy) is 4. The zero-order chi connectivity index (χ0) is 41.8. The van der Waals surface area contributed by atoms with E-state index in [1.807, 2.05) is 0 Å². The molecule has 0 aliphatic carbocycles. The van der Waals surface area contributed by atoms with Crippen LogP contribution in [0.25, 0.3) is 34.0 Å². The van der Waals surface area contributed by atoms with E-state index in [1.54, 1.807) is 62.6 Å². The van der Waals surface area contributed by atoms with Gasteiger partial charge in [-0.05, 0) is 37.3 Å². The minimum atomic E-state index is -1.99. The molecule has 0 radical (unpaired) electrons. The van der Waals surface area contributed by atoms with Crippen molar-refractivity contribution in [2.75, 3.05) is 7.11 Å². The number of phenolic OH excluding ortho intramolecular Hbond substituents is 1. The molecule has 2 aromatic heterocycles. The molecule has 57 heavy (non-hydrogen) atoms. The Morgan fingerprint density at radius 3 is 2.40 bits per heavy atom. The standard InChI is InChI=1S/C43H49N3O11/c1-19-14-16-46-28(18-19)44-32-29-30-37(50)25(7)40-31(29)41(52)43(9,57-40)55-17-15-27(54-10)22(4)39(56-26(8)47)24(6)36(49)23(5)35(48)20(2)12-11-13-21(3)42(53)45-33(34(32)46)38(30)51/h11-18,20,22-24,27,35-36,39,44,48-49,51H,1H2,2-10H3/b12-11+,17-15+,21-13-,45-33?/t20-,22+,23+,24+,27-,35-,36+,39+,43-/m0/s1. The molecule has 14 nitrogen and oxygen atoms in total. The molecule has 0 spiro atoms. The molecular formula is C43H49N3O11. The number of esters is 1. The molecule has 4 aromatic rings. The molecule has 3 aliphatic rings. The monoisotopic (exact) mass is 783 g/mol. The van der Waals surface area contributed by atoms with Gasteiger partial charge in [-0.3, -0.25) is 23.6 Å². The van der Waals surface area contributed by atoms with Crippen LogP contribution in [0.1, 0.15) is 64.4 Å². The number of methoxy groups -OCH3 is 1. The SMILES string of the molecule is C=c1ccn2c(c1)[nH]c1c3c4c5c(C)c(=O)c3c(O)c(c12)=NC(=O)/C(C)=C\C=C\[C@H](C)[C@H](O)[C@@H](C)[C@@H](O)[C@@H](C)[C@H](OC(C)=O)[C@H](C)[C@@H](OC)/C=C/O[C@@](C)(O5)C4=O. The van der Waals surface area contributed by atoms with Gasteiger partial charge in [-0.25, -0.2) is 4.99 Å². The normalized spacial score (nSPS) is 30.8. The molecule has 0 unspecified atom stereocenters. The minimum Gasteiger partial charge on any atom is -0.505 e. The fourth-order valence-corrected chi connectivity index (χ4v) is 7.98. The molecule has 7 rings (SSSR count). The number of amides is 1. The topological polar surface area (TPSA) is 198 Å². The molecule has 2 aromatic carbocycles. The number of aromatic amines is 1. The highest BCUT2D eigenvalue weighted by molar-refractivity contribution is 6.23. The number of aromatic nitrogens is 2. The van der Waals surface area contributed by atoms with Gasteiger partial charge in [0.05, 0.1) is 41.0 Å². The number of rotatable bonds is 2. The third-order valence-corrected chi connectivity index (χ3v) is 11.4. The number of aliphatic hydroxyl groups excluding tert-OH is 2. The lowest BCUT2D eigenvalue weighted by Crippen LogP contribution is -2.46. The summed E-state index contributed by atoms with van der Waals surface area (Å²) in [6.07, 6.45) is 5.37. The summed E-state index contributed by atoms with van der Waals surface area (Å²) >= 11 is 0. The molecule has 1 amide bonds. The summed E-state index contributed by atoms with van der Waals surface area (Å²) in [7, 11) is 1.45. The minimum absolute atomic E-state index is 0.0197.